The average Bonchev–Trinajstić information content (AvgIpc) is 2.40. The molecule has 0 saturated heterocycles. The Balaban J connectivity index is 2.44. The van der Waals surface area contributed by atoms with Crippen LogP contribution in [0, 0.1) is 0 Å². The van der Waals surface area contributed by atoms with Crippen LogP contribution in [-0.2, 0) is 9.84 Å². The first-order valence-electron chi connectivity index (χ1n) is 5.51. The van der Waals surface area contributed by atoms with Gasteiger partial charge in [-0.3, -0.25) is 0 Å². The topological polar surface area (TPSA) is 37.4 Å². The van der Waals surface area contributed by atoms with Gasteiger partial charge in [0.05, 0.1) is 21.2 Å². The van der Waals surface area contributed by atoms with E-state index >= 15 is 0 Å². The van der Waals surface area contributed by atoms with Gasteiger partial charge in [-0.2, -0.15) is 0 Å². The lowest BCUT2D eigenvalue weighted by Gasteiger charge is -2.29. The molecule has 0 spiro atoms. The second-order valence-corrected chi connectivity index (χ2v) is 5.88. The Labute approximate surface area is 106 Å². The molecule has 0 radical (unpaired) electrons. The molecule has 0 saturated carbocycles. The highest BCUT2D eigenvalue weighted by Crippen LogP contribution is 2.43. The third-order valence-electron chi connectivity index (χ3n) is 3.01. The van der Waals surface area contributed by atoms with Gasteiger partial charge in [-0.25, -0.2) is 8.42 Å². The van der Waals surface area contributed by atoms with E-state index in [-0.39, 0.29) is 0 Å². The predicted molar refractivity (Wildman–Crippen MR) is 70.7 cm³/mol. The van der Waals surface area contributed by atoms with Gasteiger partial charge in [0.1, 0.15) is 0 Å². The van der Waals surface area contributed by atoms with Crippen molar-refractivity contribution in [1.29, 1.82) is 0 Å². The number of nitrogens with zero attached hydrogens (tertiary/aromatic N) is 1. The molecule has 0 aromatic heterocycles. The standard InChI is InChI=1S/C14H11NO2S/c1-2-15-11-7-3-5-9-13(11)18(16,17)14-10-6-4-8-12(14)15/h2-10H,1H2. The minimum atomic E-state index is -3.43. The van der Waals surface area contributed by atoms with E-state index in [4.69, 9.17) is 0 Å². The summed E-state index contributed by atoms with van der Waals surface area (Å²) >= 11 is 0. The number of fused-ring (bicyclic) bond motifs is 2. The molecule has 0 N–H and O–H groups in total. The van der Waals surface area contributed by atoms with E-state index in [9.17, 15) is 8.42 Å². The quantitative estimate of drug-likeness (QED) is 0.787. The zero-order valence-electron chi connectivity index (χ0n) is 9.58. The van der Waals surface area contributed by atoms with Crippen LogP contribution in [0.4, 0.5) is 11.4 Å². The molecule has 1 heterocycles. The molecule has 3 nitrogen and oxygen atoms in total. The maximum atomic E-state index is 12.5. The first-order chi connectivity index (χ1) is 8.66. The summed E-state index contributed by atoms with van der Waals surface area (Å²) in [6.07, 6.45) is 1.63. The third kappa shape index (κ3) is 1.32. The molecule has 0 amide bonds. The van der Waals surface area contributed by atoms with E-state index in [1.165, 1.54) is 0 Å². The van der Waals surface area contributed by atoms with E-state index in [1.807, 2.05) is 12.1 Å². The van der Waals surface area contributed by atoms with Crippen molar-refractivity contribution in [2.75, 3.05) is 4.90 Å². The Morgan fingerprint density at radius 2 is 1.33 bits per heavy atom. The molecule has 2 aromatic carbocycles. The highest BCUT2D eigenvalue weighted by molar-refractivity contribution is 7.92. The SMILES string of the molecule is C=CN1c2ccccc2S(=O)(=O)c2ccccc21. The minimum absolute atomic E-state index is 0.323. The van der Waals surface area contributed by atoms with Crippen molar-refractivity contribution in [3.05, 3.63) is 61.3 Å². The van der Waals surface area contributed by atoms with Crippen LogP contribution in [0.5, 0.6) is 0 Å². The predicted octanol–water partition coefficient (Wildman–Crippen LogP) is 3.11. The molecular weight excluding hydrogens is 246 g/mol. The van der Waals surface area contributed by atoms with Crippen molar-refractivity contribution in [3.63, 3.8) is 0 Å². The Hall–Kier alpha value is -2.07. The molecule has 2 aromatic rings. The molecule has 3 rings (SSSR count). The molecule has 1 aliphatic heterocycles. The third-order valence-corrected chi connectivity index (χ3v) is 4.86. The highest BCUT2D eigenvalue weighted by Gasteiger charge is 2.32. The Bertz CT molecular complexity index is 681. The molecule has 18 heavy (non-hydrogen) atoms. The van der Waals surface area contributed by atoms with Gasteiger partial charge in [-0.15, -0.1) is 0 Å². The summed E-state index contributed by atoms with van der Waals surface area (Å²) in [5.41, 5.74) is 1.29. The molecule has 1 aliphatic rings. The fourth-order valence-corrected chi connectivity index (χ4v) is 3.85. The van der Waals surface area contributed by atoms with Crippen LogP contribution in [-0.4, -0.2) is 8.42 Å². The Morgan fingerprint density at radius 3 is 1.78 bits per heavy atom. The van der Waals surface area contributed by atoms with Crippen LogP contribution in [0.3, 0.4) is 0 Å². The second kappa shape index (κ2) is 3.71. The number of para-hydroxylation sites is 2. The first kappa shape index (κ1) is 11.0. The molecule has 4 heteroatoms. The normalized spacial score (nSPS) is 15.7. The van der Waals surface area contributed by atoms with Gasteiger partial charge in [-0.05, 0) is 24.3 Å². The molecule has 0 fully saturated rings. The van der Waals surface area contributed by atoms with Crippen molar-refractivity contribution < 1.29 is 8.42 Å². The van der Waals surface area contributed by atoms with Crippen LogP contribution >= 0.6 is 0 Å². The maximum absolute atomic E-state index is 12.5. The van der Waals surface area contributed by atoms with E-state index < -0.39 is 9.84 Å². The molecular formula is C14H11NO2S. The van der Waals surface area contributed by atoms with Crippen LogP contribution in [0.25, 0.3) is 0 Å². The van der Waals surface area contributed by atoms with E-state index in [1.54, 1.807) is 47.5 Å². The zero-order chi connectivity index (χ0) is 12.8. The van der Waals surface area contributed by atoms with Gasteiger partial charge < -0.3 is 4.90 Å². The van der Waals surface area contributed by atoms with Gasteiger partial charge in [0.15, 0.2) is 0 Å². The van der Waals surface area contributed by atoms with Crippen LogP contribution < -0.4 is 4.90 Å². The maximum Gasteiger partial charge on any atom is 0.210 e. The monoisotopic (exact) mass is 257 g/mol. The van der Waals surface area contributed by atoms with E-state index in [0.29, 0.717) is 21.2 Å². The number of rotatable bonds is 1. The number of benzene rings is 2. The van der Waals surface area contributed by atoms with E-state index in [2.05, 4.69) is 6.58 Å². The average molecular weight is 257 g/mol. The summed E-state index contributed by atoms with van der Waals surface area (Å²) in [7, 11) is -3.43. The smallest absolute Gasteiger partial charge is 0.210 e. The lowest BCUT2D eigenvalue weighted by molar-refractivity contribution is 0.595. The molecule has 0 aliphatic carbocycles. The summed E-state index contributed by atoms with van der Waals surface area (Å²) in [6.45, 7) is 3.76. The van der Waals surface area contributed by atoms with Crippen molar-refractivity contribution in [2.24, 2.45) is 0 Å². The zero-order valence-corrected chi connectivity index (χ0v) is 10.4. The van der Waals surface area contributed by atoms with Crippen molar-refractivity contribution >= 4 is 21.2 Å². The molecule has 0 atom stereocenters. The lowest BCUT2D eigenvalue weighted by Crippen LogP contribution is -2.21. The van der Waals surface area contributed by atoms with Gasteiger partial charge in [0, 0.05) is 6.20 Å². The summed E-state index contributed by atoms with van der Waals surface area (Å²) < 4.78 is 25.0. The summed E-state index contributed by atoms with van der Waals surface area (Å²) in [5.74, 6) is 0. The molecule has 0 bridgehead atoms. The van der Waals surface area contributed by atoms with Crippen LogP contribution in [0.15, 0.2) is 71.1 Å². The molecule has 0 unspecified atom stereocenters. The van der Waals surface area contributed by atoms with Crippen LogP contribution in [0.2, 0.25) is 0 Å². The van der Waals surface area contributed by atoms with Gasteiger partial charge in [0.25, 0.3) is 0 Å². The summed E-state index contributed by atoms with van der Waals surface area (Å²) in [6, 6.07) is 13.9. The summed E-state index contributed by atoms with van der Waals surface area (Å²) in [5, 5.41) is 0. The number of hydrogen-bond acceptors (Lipinski definition) is 3. The Kier molecular flexibility index (Phi) is 2.28. The fraction of sp³-hybridized carbons (Fsp3) is 0. The number of anilines is 2. The van der Waals surface area contributed by atoms with Crippen molar-refractivity contribution in [1.82, 2.24) is 0 Å². The fourth-order valence-electron chi connectivity index (χ4n) is 2.21. The first-order valence-corrected chi connectivity index (χ1v) is 6.99. The van der Waals surface area contributed by atoms with Gasteiger partial charge in [0.2, 0.25) is 9.84 Å². The number of sulfone groups is 1. The van der Waals surface area contributed by atoms with Gasteiger partial charge >= 0.3 is 0 Å². The van der Waals surface area contributed by atoms with Gasteiger partial charge in [-0.1, -0.05) is 30.8 Å². The largest absolute Gasteiger partial charge is 0.315 e. The Morgan fingerprint density at radius 1 is 0.889 bits per heavy atom. The van der Waals surface area contributed by atoms with Crippen molar-refractivity contribution in [2.45, 2.75) is 9.79 Å². The number of hydrogen-bond donors (Lipinski definition) is 0. The lowest BCUT2D eigenvalue weighted by atomic mass is 10.2. The summed E-state index contributed by atoms with van der Waals surface area (Å²) in [4.78, 5) is 2.44. The van der Waals surface area contributed by atoms with Crippen molar-refractivity contribution in [3.8, 4) is 0 Å². The van der Waals surface area contributed by atoms with E-state index in [0.717, 1.165) is 0 Å². The highest BCUT2D eigenvalue weighted by atomic mass is 32.2. The second-order valence-electron chi connectivity index (χ2n) is 3.99. The molecule has 90 valence electrons. The minimum Gasteiger partial charge on any atom is -0.315 e. The van der Waals surface area contributed by atoms with Crippen LogP contribution in [0.1, 0.15) is 0 Å².